The average Bonchev–Trinajstić information content (AvgIpc) is 3.03. The van der Waals surface area contributed by atoms with E-state index in [0.717, 1.165) is 16.0 Å². The van der Waals surface area contributed by atoms with Gasteiger partial charge in [0.15, 0.2) is 0 Å². The van der Waals surface area contributed by atoms with Crippen LogP contribution in [-0.2, 0) is 10.0 Å². The molecular formula is C16H15N3O2S2. The molecule has 3 aromatic rings. The van der Waals surface area contributed by atoms with Gasteiger partial charge >= 0.3 is 0 Å². The van der Waals surface area contributed by atoms with Crippen LogP contribution < -0.4 is 5.14 Å². The Labute approximate surface area is 139 Å². The zero-order chi connectivity index (χ0) is 16.4. The molecule has 0 spiro atoms. The van der Waals surface area contributed by atoms with Gasteiger partial charge in [-0.1, -0.05) is 30.3 Å². The summed E-state index contributed by atoms with van der Waals surface area (Å²) in [6.45, 7) is 0. The van der Waals surface area contributed by atoms with Crippen molar-refractivity contribution in [3.05, 3.63) is 54.7 Å². The molecule has 0 aliphatic rings. The van der Waals surface area contributed by atoms with Crippen LogP contribution in [0.2, 0.25) is 0 Å². The van der Waals surface area contributed by atoms with E-state index >= 15 is 0 Å². The summed E-state index contributed by atoms with van der Waals surface area (Å²) in [5.74, 6) is 0. The molecule has 0 saturated heterocycles. The van der Waals surface area contributed by atoms with Crippen LogP contribution in [0.1, 0.15) is 0 Å². The van der Waals surface area contributed by atoms with Crippen molar-refractivity contribution in [2.45, 2.75) is 9.79 Å². The molecule has 0 fully saturated rings. The molecule has 23 heavy (non-hydrogen) atoms. The number of aromatic amines is 1. The van der Waals surface area contributed by atoms with Crippen molar-refractivity contribution in [1.29, 1.82) is 0 Å². The summed E-state index contributed by atoms with van der Waals surface area (Å²) in [6, 6.07) is 14.6. The normalized spacial score (nSPS) is 11.6. The van der Waals surface area contributed by atoms with Crippen LogP contribution in [0, 0.1) is 0 Å². The fourth-order valence-corrected chi connectivity index (χ4v) is 3.54. The van der Waals surface area contributed by atoms with Crippen molar-refractivity contribution in [2.75, 3.05) is 6.26 Å². The molecule has 3 rings (SSSR count). The SMILES string of the molecule is CSc1ccc(-c2c[nH]nc2-c2ccccc2S(N)(=O)=O)cc1. The molecule has 0 saturated carbocycles. The summed E-state index contributed by atoms with van der Waals surface area (Å²) < 4.78 is 23.6. The molecular weight excluding hydrogens is 330 g/mol. The first-order chi connectivity index (χ1) is 11.0. The lowest BCUT2D eigenvalue weighted by Crippen LogP contribution is -2.13. The van der Waals surface area contributed by atoms with Gasteiger partial charge in [-0.25, -0.2) is 13.6 Å². The van der Waals surface area contributed by atoms with Gasteiger partial charge in [-0.15, -0.1) is 11.8 Å². The molecule has 0 unspecified atom stereocenters. The van der Waals surface area contributed by atoms with Crippen molar-refractivity contribution in [3.8, 4) is 22.4 Å². The molecule has 7 heteroatoms. The Bertz CT molecular complexity index is 932. The number of primary sulfonamides is 1. The average molecular weight is 345 g/mol. The quantitative estimate of drug-likeness (QED) is 0.711. The standard InChI is InChI=1S/C16H15N3O2S2/c1-22-12-8-6-11(7-9-12)14-10-18-19-16(14)13-4-2-3-5-15(13)23(17,20)21/h2-10H,1H3,(H,18,19)(H2,17,20,21). The first-order valence-corrected chi connectivity index (χ1v) is 9.58. The van der Waals surface area contributed by atoms with Gasteiger partial charge in [0.05, 0.1) is 4.90 Å². The predicted molar refractivity (Wildman–Crippen MR) is 92.6 cm³/mol. The number of benzene rings is 2. The number of thioether (sulfide) groups is 1. The van der Waals surface area contributed by atoms with E-state index in [2.05, 4.69) is 10.2 Å². The number of H-pyrrole nitrogens is 1. The van der Waals surface area contributed by atoms with E-state index in [4.69, 9.17) is 5.14 Å². The van der Waals surface area contributed by atoms with Crippen molar-refractivity contribution in [1.82, 2.24) is 10.2 Å². The molecule has 1 heterocycles. The smallest absolute Gasteiger partial charge is 0.238 e. The zero-order valence-corrected chi connectivity index (χ0v) is 14.0. The molecule has 3 N–H and O–H groups in total. The highest BCUT2D eigenvalue weighted by Gasteiger charge is 2.19. The highest BCUT2D eigenvalue weighted by atomic mass is 32.2. The molecule has 0 aliphatic heterocycles. The fourth-order valence-electron chi connectivity index (χ4n) is 2.40. The van der Waals surface area contributed by atoms with E-state index in [-0.39, 0.29) is 4.90 Å². The molecule has 0 amide bonds. The van der Waals surface area contributed by atoms with E-state index < -0.39 is 10.0 Å². The molecule has 5 nitrogen and oxygen atoms in total. The third-order valence-corrected chi connectivity index (χ3v) is 5.20. The van der Waals surface area contributed by atoms with Gasteiger partial charge in [0.2, 0.25) is 10.0 Å². The van der Waals surface area contributed by atoms with Gasteiger partial charge in [-0.05, 0) is 30.0 Å². The van der Waals surface area contributed by atoms with E-state index in [1.165, 1.54) is 6.07 Å². The summed E-state index contributed by atoms with van der Waals surface area (Å²) in [7, 11) is -3.83. The highest BCUT2D eigenvalue weighted by Crippen LogP contribution is 2.34. The maximum atomic E-state index is 11.8. The minimum atomic E-state index is -3.83. The number of hydrogen-bond acceptors (Lipinski definition) is 4. The number of nitrogens with zero attached hydrogens (tertiary/aromatic N) is 1. The summed E-state index contributed by atoms with van der Waals surface area (Å²) >= 11 is 1.66. The van der Waals surface area contributed by atoms with Crippen LogP contribution in [0.4, 0.5) is 0 Å². The molecule has 1 aromatic heterocycles. The lowest BCUT2D eigenvalue weighted by Gasteiger charge is -2.08. The minimum Gasteiger partial charge on any atom is -0.284 e. The van der Waals surface area contributed by atoms with Gasteiger partial charge in [0, 0.05) is 22.2 Å². The first-order valence-electron chi connectivity index (χ1n) is 6.81. The molecule has 0 radical (unpaired) electrons. The second-order valence-corrected chi connectivity index (χ2v) is 7.33. The highest BCUT2D eigenvalue weighted by molar-refractivity contribution is 7.98. The molecule has 118 valence electrons. The Morgan fingerprint density at radius 3 is 2.39 bits per heavy atom. The van der Waals surface area contributed by atoms with Gasteiger partial charge in [0.1, 0.15) is 5.69 Å². The first kappa shape index (κ1) is 15.8. The van der Waals surface area contributed by atoms with Crippen LogP contribution in [0.3, 0.4) is 0 Å². The number of hydrogen-bond donors (Lipinski definition) is 2. The summed E-state index contributed by atoms with van der Waals surface area (Å²) in [4.78, 5) is 1.22. The van der Waals surface area contributed by atoms with Crippen molar-refractivity contribution in [2.24, 2.45) is 5.14 Å². The second kappa shape index (κ2) is 6.19. The lowest BCUT2D eigenvalue weighted by molar-refractivity contribution is 0.598. The topological polar surface area (TPSA) is 88.8 Å². The van der Waals surface area contributed by atoms with Crippen LogP contribution in [0.25, 0.3) is 22.4 Å². The molecule has 0 atom stereocenters. The van der Waals surface area contributed by atoms with E-state index in [0.29, 0.717) is 11.3 Å². The van der Waals surface area contributed by atoms with Crippen molar-refractivity contribution < 1.29 is 8.42 Å². The summed E-state index contributed by atoms with van der Waals surface area (Å²) in [5.41, 5.74) is 2.83. The summed E-state index contributed by atoms with van der Waals surface area (Å²) in [6.07, 6.45) is 3.77. The van der Waals surface area contributed by atoms with Crippen molar-refractivity contribution >= 4 is 21.8 Å². The molecule has 0 aliphatic carbocycles. The largest absolute Gasteiger partial charge is 0.284 e. The van der Waals surface area contributed by atoms with E-state index in [1.807, 2.05) is 30.5 Å². The maximum Gasteiger partial charge on any atom is 0.238 e. The number of nitrogens with one attached hydrogen (secondary N) is 1. The van der Waals surface area contributed by atoms with Gasteiger partial charge in [-0.2, -0.15) is 5.10 Å². The number of aromatic nitrogens is 2. The van der Waals surface area contributed by atoms with Gasteiger partial charge in [0.25, 0.3) is 0 Å². The third-order valence-electron chi connectivity index (χ3n) is 3.49. The Morgan fingerprint density at radius 1 is 1.04 bits per heavy atom. The Balaban J connectivity index is 2.15. The molecule has 0 bridgehead atoms. The zero-order valence-electron chi connectivity index (χ0n) is 12.4. The maximum absolute atomic E-state index is 11.8. The van der Waals surface area contributed by atoms with Crippen LogP contribution in [0.5, 0.6) is 0 Å². The predicted octanol–water partition coefficient (Wildman–Crippen LogP) is 3.11. The Hall–Kier alpha value is -2.09. The number of sulfonamides is 1. The van der Waals surface area contributed by atoms with Crippen LogP contribution in [-0.4, -0.2) is 24.9 Å². The monoisotopic (exact) mass is 345 g/mol. The Kier molecular flexibility index (Phi) is 4.25. The molecule has 2 aromatic carbocycles. The number of rotatable bonds is 4. The number of nitrogens with two attached hydrogens (primary N) is 1. The van der Waals surface area contributed by atoms with Crippen LogP contribution >= 0.6 is 11.8 Å². The Morgan fingerprint density at radius 2 is 1.74 bits per heavy atom. The lowest BCUT2D eigenvalue weighted by atomic mass is 10.0. The van der Waals surface area contributed by atoms with Crippen LogP contribution in [0.15, 0.2) is 64.5 Å². The van der Waals surface area contributed by atoms with Crippen molar-refractivity contribution in [3.63, 3.8) is 0 Å². The van der Waals surface area contributed by atoms with E-state index in [1.54, 1.807) is 36.2 Å². The minimum absolute atomic E-state index is 0.0640. The van der Waals surface area contributed by atoms with Gasteiger partial charge < -0.3 is 0 Å². The second-order valence-electron chi connectivity index (χ2n) is 4.92. The van der Waals surface area contributed by atoms with E-state index in [9.17, 15) is 8.42 Å². The fraction of sp³-hybridized carbons (Fsp3) is 0.0625. The third kappa shape index (κ3) is 3.17. The summed E-state index contributed by atoms with van der Waals surface area (Å²) in [5, 5.41) is 12.4. The van der Waals surface area contributed by atoms with Gasteiger partial charge in [-0.3, -0.25) is 5.10 Å².